The minimum atomic E-state index is -0.739. The molecule has 3 aromatic carbocycles. The molecule has 0 fully saturated rings. The molecule has 5 N–H and O–H groups in total. The highest BCUT2D eigenvalue weighted by Gasteiger charge is 2.12. The smallest absolute Gasteiger partial charge is 0.224 e. The number of aryl methyl sites for hydroxylation is 1. The van der Waals surface area contributed by atoms with E-state index in [2.05, 4.69) is 29.7 Å². The van der Waals surface area contributed by atoms with E-state index in [-0.39, 0.29) is 24.3 Å². The van der Waals surface area contributed by atoms with Crippen LogP contribution in [0.25, 0.3) is 0 Å². The van der Waals surface area contributed by atoms with Crippen molar-refractivity contribution in [2.24, 2.45) is 0 Å². The Labute approximate surface area is 207 Å². The van der Waals surface area contributed by atoms with Gasteiger partial charge in [0.05, 0.1) is 19.1 Å². The molecule has 0 aromatic heterocycles. The van der Waals surface area contributed by atoms with Crippen LogP contribution < -0.4 is 10.6 Å². The molecular formula is C29H36N2O4. The van der Waals surface area contributed by atoms with Crippen molar-refractivity contribution in [3.63, 3.8) is 0 Å². The molecule has 0 aliphatic carbocycles. The number of hydrogen-bond acceptors (Lipinski definition) is 5. The molecule has 1 amide bonds. The number of nitrogens with one attached hydrogen (secondary N) is 2. The van der Waals surface area contributed by atoms with Gasteiger partial charge in [-0.25, -0.2) is 0 Å². The predicted octanol–water partition coefficient (Wildman–Crippen LogP) is 3.43. The van der Waals surface area contributed by atoms with Gasteiger partial charge < -0.3 is 26.0 Å². The van der Waals surface area contributed by atoms with Crippen LogP contribution in [0.3, 0.4) is 0 Å². The maximum absolute atomic E-state index is 12.2. The second-order valence-corrected chi connectivity index (χ2v) is 9.01. The van der Waals surface area contributed by atoms with E-state index in [1.54, 1.807) is 12.1 Å². The molecule has 6 nitrogen and oxygen atoms in total. The SMILES string of the molecule is C[C@H](Cc1ccc(CC(=O)NCCCc2ccccc2)cc1)NC[C@@H](O)c1ccc(O)c(CO)c1. The van der Waals surface area contributed by atoms with Crippen molar-refractivity contribution < 1.29 is 20.1 Å². The number of rotatable bonds is 13. The van der Waals surface area contributed by atoms with E-state index in [4.69, 9.17) is 0 Å². The minimum Gasteiger partial charge on any atom is -0.508 e. The van der Waals surface area contributed by atoms with E-state index in [0.717, 1.165) is 30.4 Å². The van der Waals surface area contributed by atoms with Crippen LogP contribution in [-0.4, -0.2) is 40.4 Å². The number of amides is 1. The lowest BCUT2D eigenvalue weighted by atomic mass is 10.0. The third-order valence-corrected chi connectivity index (χ3v) is 6.06. The van der Waals surface area contributed by atoms with Crippen LogP contribution in [0.2, 0.25) is 0 Å². The standard InChI is InChI=1S/C29H36N2O4/c1-21(31-19-28(34)25-13-14-27(33)26(18-25)20-32)16-23-9-11-24(12-10-23)17-29(35)30-15-5-8-22-6-3-2-4-7-22/h2-4,6-7,9-14,18,21,28,31-34H,5,8,15-17,19-20H2,1H3,(H,30,35)/t21-,28-/m1/s1. The lowest BCUT2D eigenvalue weighted by molar-refractivity contribution is -0.120. The summed E-state index contributed by atoms with van der Waals surface area (Å²) >= 11 is 0. The molecular weight excluding hydrogens is 440 g/mol. The molecule has 0 heterocycles. The molecule has 0 saturated carbocycles. The molecule has 0 unspecified atom stereocenters. The van der Waals surface area contributed by atoms with Gasteiger partial charge in [-0.05, 0) is 60.6 Å². The van der Waals surface area contributed by atoms with Gasteiger partial charge in [-0.3, -0.25) is 4.79 Å². The molecule has 3 rings (SSSR count). The highest BCUT2D eigenvalue weighted by Crippen LogP contribution is 2.22. The van der Waals surface area contributed by atoms with Crippen LogP contribution in [0.5, 0.6) is 5.75 Å². The molecule has 0 bridgehead atoms. The van der Waals surface area contributed by atoms with Crippen LogP contribution in [-0.2, 0) is 30.7 Å². The summed E-state index contributed by atoms with van der Waals surface area (Å²) in [4.78, 5) is 12.2. The second-order valence-electron chi connectivity index (χ2n) is 9.01. The minimum absolute atomic E-state index is 0.0220. The molecule has 186 valence electrons. The van der Waals surface area contributed by atoms with Gasteiger partial charge in [0.2, 0.25) is 5.91 Å². The Bertz CT molecular complexity index is 1050. The monoisotopic (exact) mass is 476 g/mol. The zero-order chi connectivity index (χ0) is 25.0. The zero-order valence-corrected chi connectivity index (χ0v) is 20.3. The maximum Gasteiger partial charge on any atom is 0.224 e. The van der Waals surface area contributed by atoms with Crippen LogP contribution in [0.4, 0.5) is 0 Å². The summed E-state index contributed by atoms with van der Waals surface area (Å²) in [5, 5.41) is 35.7. The number of aromatic hydroxyl groups is 1. The van der Waals surface area contributed by atoms with Crippen LogP contribution in [0.1, 0.15) is 47.3 Å². The Kier molecular flexibility index (Phi) is 10.3. The van der Waals surface area contributed by atoms with Gasteiger partial charge in [0.15, 0.2) is 0 Å². The summed E-state index contributed by atoms with van der Waals surface area (Å²) in [6, 6.07) is 23.2. The number of benzene rings is 3. The highest BCUT2D eigenvalue weighted by atomic mass is 16.3. The highest BCUT2D eigenvalue weighted by molar-refractivity contribution is 5.78. The third-order valence-electron chi connectivity index (χ3n) is 6.06. The molecule has 6 heteroatoms. The van der Waals surface area contributed by atoms with Crippen molar-refractivity contribution in [3.8, 4) is 5.75 Å². The van der Waals surface area contributed by atoms with Gasteiger partial charge in [-0.1, -0.05) is 60.7 Å². The summed E-state index contributed by atoms with van der Waals surface area (Å²) in [5.41, 5.74) is 4.47. The number of hydrogen-bond donors (Lipinski definition) is 5. The van der Waals surface area contributed by atoms with Gasteiger partial charge in [-0.15, -0.1) is 0 Å². The van der Waals surface area contributed by atoms with Gasteiger partial charge in [0, 0.05) is 24.7 Å². The molecule has 2 atom stereocenters. The number of phenols is 1. The molecule has 35 heavy (non-hydrogen) atoms. The van der Waals surface area contributed by atoms with E-state index < -0.39 is 6.10 Å². The molecule has 0 radical (unpaired) electrons. The number of aliphatic hydroxyl groups excluding tert-OH is 2. The van der Waals surface area contributed by atoms with Gasteiger partial charge in [0.1, 0.15) is 5.75 Å². The fraction of sp³-hybridized carbons (Fsp3) is 0.345. The zero-order valence-electron chi connectivity index (χ0n) is 20.3. The first-order valence-electron chi connectivity index (χ1n) is 12.2. The number of carbonyl (C=O) groups is 1. The van der Waals surface area contributed by atoms with E-state index in [1.165, 1.54) is 11.6 Å². The Morgan fingerprint density at radius 3 is 2.37 bits per heavy atom. The van der Waals surface area contributed by atoms with Crippen LogP contribution in [0, 0.1) is 0 Å². The molecule has 0 aliphatic heterocycles. The van der Waals surface area contributed by atoms with E-state index in [0.29, 0.717) is 30.6 Å². The molecule has 0 aliphatic rings. The second kappa shape index (κ2) is 13.6. The van der Waals surface area contributed by atoms with Crippen molar-refractivity contribution in [3.05, 3.63) is 101 Å². The average Bonchev–Trinajstić information content (AvgIpc) is 2.87. The number of aliphatic hydroxyl groups is 2. The molecule has 3 aromatic rings. The fourth-order valence-corrected chi connectivity index (χ4v) is 4.00. The van der Waals surface area contributed by atoms with E-state index in [1.807, 2.05) is 42.5 Å². The van der Waals surface area contributed by atoms with E-state index >= 15 is 0 Å². The Morgan fingerprint density at radius 2 is 1.66 bits per heavy atom. The topological polar surface area (TPSA) is 102 Å². The quantitative estimate of drug-likeness (QED) is 0.243. The van der Waals surface area contributed by atoms with Crippen LogP contribution >= 0.6 is 0 Å². The van der Waals surface area contributed by atoms with E-state index in [9.17, 15) is 20.1 Å². The Hall–Kier alpha value is -3.19. The summed E-state index contributed by atoms with van der Waals surface area (Å²) in [6.07, 6.45) is 2.29. The molecule has 0 saturated heterocycles. The largest absolute Gasteiger partial charge is 0.508 e. The maximum atomic E-state index is 12.2. The molecule has 0 spiro atoms. The van der Waals surface area contributed by atoms with Crippen LogP contribution in [0.15, 0.2) is 72.8 Å². The summed E-state index contributed by atoms with van der Waals surface area (Å²) in [6.45, 7) is 2.81. The first-order chi connectivity index (χ1) is 16.9. The summed E-state index contributed by atoms with van der Waals surface area (Å²) in [5.74, 6) is 0.0576. The Morgan fingerprint density at radius 1 is 0.943 bits per heavy atom. The third kappa shape index (κ3) is 8.83. The van der Waals surface area contributed by atoms with Crippen molar-refractivity contribution in [1.29, 1.82) is 0 Å². The summed E-state index contributed by atoms with van der Waals surface area (Å²) in [7, 11) is 0. The van der Waals surface area contributed by atoms with Crippen molar-refractivity contribution in [1.82, 2.24) is 10.6 Å². The van der Waals surface area contributed by atoms with Crippen molar-refractivity contribution in [2.45, 2.75) is 51.4 Å². The van der Waals surface area contributed by atoms with Gasteiger partial charge >= 0.3 is 0 Å². The Balaban J connectivity index is 1.37. The van der Waals surface area contributed by atoms with Crippen molar-refractivity contribution in [2.75, 3.05) is 13.1 Å². The van der Waals surface area contributed by atoms with Gasteiger partial charge in [0.25, 0.3) is 0 Å². The fourth-order valence-electron chi connectivity index (χ4n) is 4.00. The first kappa shape index (κ1) is 26.4. The van der Waals surface area contributed by atoms with Gasteiger partial charge in [-0.2, -0.15) is 0 Å². The average molecular weight is 477 g/mol. The van der Waals surface area contributed by atoms with Crippen molar-refractivity contribution >= 4 is 5.91 Å². The summed E-state index contributed by atoms with van der Waals surface area (Å²) < 4.78 is 0. The first-order valence-corrected chi connectivity index (χ1v) is 12.2. The predicted molar refractivity (Wildman–Crippen MR) is 138 cm³/mol. The lowest BCUT2D eigenvalue weighted by Crippen LogP contribution is -2.32. The lowest BCUT2D eigenvalue weighted by Gasteiger charge is -2.18. The normalized spacial score (nSPS) is 12.8. The number of carbonyl (C=O) groups excluding carboxylic acids is 1.